The van der Waals surface area contributed by atoms with Crippen molar-refractivity contribution in [3.8, 4) is 0 Å². The van der Waals surface area contributed by atoms with Gasteiger partial charge in [0.2, 0.25) is 0 Å². The van der Waals surface area contributed by atoms with E-state index in [4.69, 9.17) is 11.6 Å². The third-order valence-corrected chi connectivity index (χ3v) is 4.57. The fourth-order valence-corrected chi connectivity index (χ4v) is 3.33. The minimum Gasteiger partial charge on any atom is -0.372 e. The van der Waals surface area contributed by atoms with Crippen LogP contribution in [0.4, 0.5) is 5.69 Å². The van der Waals surface area contributed by atoms with Gasteiger partial charge in [-0.2, -0.15) is 0 Å². The Bertz CT molecular complexity index is 691. The number of hydrogen-bond donors (Lipinski definition) is 2. The van der Waals surface area contributed by atoms with Crippen LogP contribution in [0.25, 0.3) is 0 Å². The minimum atomic E-state index is -1.03. The van der Waals surface area contributed by atoms with E-state index in [0.29, 0.717) is 16.3 Å². The summed E-state index contributed by atoms with van der Waals surface area (Å²) in [5.74, 6) is -2.11. The Hall–Kier alpha value is -2.08. The van der Waals surface area contributed by atoms with Crippen LogP contribution in [-0.4, -0.2) is 34.7 Å². The molecule has 0 bridgehead atoms. The van der Waals surface area contributed by atoms with E-state index in [0.717, 1.165) is 12.8 Å². The largest absolute Gasteiger partial charge is 0.372 e. The number of hydrogen-bond acceptors (Lipinski definition) is 4. The number of fused-ring (bicyclic) bond motifs is 2. The van der Waals surface area contributed by atoms with Crippen molar-refractivity contribution in [3.63, 3.8) is 0 Å². The van der Waals surface area contributed by atoms with Crippen LogP contribution >= 0.6 is 11.6 Å². The lowest BCUT2D eigenvalue weighted by atomic mass is 9.83. The van der Waals surface area contributed by atoms with Crippen LogP contribution in [0.15, 0.2) is 18.2 Å². The molecule has 0 aromatic heterocycles. The summed E-state index contributed by atoms with van der Waals surface area (Å²) in [4.78, 5) is 37.8. The number of hydrazine groups is 1. The highest BCUT2D eigenvalue weighted by Crippen LogP contribution is 2.33. The van der Waals surface area contributed by atoms with Gasteiger partial charge in [0, 0.05) is 16.3 Å². The summed E-state index contributed by atoms with van der Waals surface area (Å²) in [6.45, 7) is 3.86. The van der Waals surface area contributed by atoms with Crippen LogP contribution in [-0.2, 0) is 9.59 Å². The Kier molecular flexibility index (Phi) is 4.02. The molecule has 7 heteroatoms. The van der Waals surface area contributed by atoms with E-state index in [1.165, 1.54) is 5.01 Å². The van der Waals surface area contributed by atoms with Gasteiger partial charge >= 0.3 is 0 Å². The van der Waals surface area contributed by atoms with Gasteiger partial charge in [0.05, 0.1) is 6.04 Å². The summed E-state index contributed by atoms with van der Waals surface area (Å²) in [5, 5.41) is 4.74. The van der Waals surface area contributed by atoms with Crippen molar-refractivity contribution in [3.05, 3.63) is 28.8 Å². The summed E-state index contributed by atoms with van der Waals surface area (Å²) in [5.41, 5.74) is 3.49. The van der Waals surface area contributed by atoms with Crippen molar-refractivity contribution in [2.75, 3.05) is 5.32 Å². The Balaban J connectivity index is 1.97. The van der Waals surface area contributed by atoms with E-state index < -0.39 is 12.0 Å². The molecular weight excluding hydrogens is 318 g/mol. The fraction of sp³-hybridized carbons (Fsp3) is 0.438. The van der Waals surface area contributed by atoms with Gasteiger partial charge in [0.1, 0.15) is 12.0 Å². The Morgan fingerprint density at radius 3 is 2.74 bits per heavy atom. The number of ketones is 1. The van der Waals surface area contributed by atoms with E-state index in [1.54, 1.807) is 18.2 Å². The van der Waals surface area contributed by atoms with Crippen molar-refractivity contribution in [2.45, 2.75) is 38.8 Å². The number of Topliss-reactive ketones (excluding diaryl/α,β-unsaturated/α-hetero) is 1. The average Bonchev–Trinajstić information content (AvgIpc) is 2.50. The first-order valence-electron chi connectivity index (χ1n) is 7.68. The zero-order valence-corrected chi connectivity index (χ0v) is 13.7. The summed E-state index contributed by atoms with van der Waals surface area (Å²) in [7, 11) is 0. The number of carbonyl (C=O) groups excluding carboxylic acids is 3. The molecule has 0 aliphatic carbocycles. The van der Waals surface area contributed by atoms with Crippen molar-refractivity contribution in [1.82, 2.24) is 10.4 Å². The van der Waals surface area contributed by atoms with Crippen LogP contribution in [0.5, 0.6) is 0 Å². The zero-order chi connectivity index (χ0) is 16.7. The van der Waals surface area contributed by atoms with Gasteiger partial charge in [-0.25, -0.2) is 0 Å². The predicted octanol–water partition coefficient (Wildman–Crippen LogP) is 1.99. The number of nitrogens with zero attached hydrogens (tertiary/aromatic N) is 1. The SMILES string of the molecule is CCCC(C)N1NC(=O)C2Nc3cc(Cl)ccc3C(=O)C2C1=O. The molecule has 1 fully saturated rings. The first-order valence-corrected chi connectivity index (χ1v) is 8.05. The predicted molar refractivity (Wildman–Crippen MR) is 86.0 cm³/mol. The molecule has 2 aliphatic heterocycles. The number of benzene rings is 1. The molecule has 1 aromatic carbocycles. The molecule has 2 amide bonds. The molecule has 0 radical (unpaired) electrons. The smallest absolute Gasteiger partial charge is 0.262 e. The molecule has 23 heavy (non-hydrogen) atoms. The topological polar surface area (TPSA) is 78.5 Å². The van der Waals surface area contributed by atoms with Gasteiger partial charge in [-0.3, -0.25) is 24.8 Å². The van der Waals surface area contributed by atoms with Gasteiger partial charge in [0.25, 0.3) is 11.8 Å². The Labute approximate surface area is 139 Å². The maximum atomic E-state index is 12.7. The number of halogens is 1. The van der Waals surface area contributed by atoms with Gasteiger partial charge in [-0.05, 0) is 31.5 Å². The monoisotopic (exact) mass is 335 g/mol. The second kappa shape index (κ2) is 5.85. The molecule has 0 saturated carbocycles. The second-order valence-corrected chi connectivity index (χ2v) is 6.41. The Morgan fingerprint density at radius 2 is 2.04 bits per heavy atom. The van der Waals surface area contributed by atoms with E-state index in [-0.39, 0.29) is 23.6 Å². The first kappa shape index (κ1) is 15.8. The van der Waals surface area contributed by atoms with Gasteiger partial charge < -0.3 is 5.32 Å². The number of amides is 2. The highest BCUT2D eigenvalue weighted by molar-refractivity contribution is 6.31. The first-order chi connectivity index (χ1) is 10.9. The average molecular weight is 336 g/mol. The lowest BCUT2D eigenvalue weighted by molar-refractivity contribution is -0.154. The standard InChI is InChI=1S/C16H18ClN3O3/c1-3-4-8(2)20-16(23)12-13(15(22)19-20)18-11-7-9(17)5-6-10(11)14(12)21/h5-8,12-13,18H,3-4H2,1-2H3,(H,19,22). The second-order valence-electron chi connectivity index (χ2n) is 5.98. The third-order valence-electron chi connectivity index (χ3n) is 4.34. The molecule has 0 spiro atoms. The highest BCUT2D eigenvalue weighted by atomic mass is 35.5. The molecule has 1 saturated heterocycles. The van der Waals surface area contributed by atoms with E-state index in [9.17, 15) is 14.4 Å². The molecule has 122 valence electrons. The quantitative estimate of drug-likeness (QED) is 0.828. The normalized spacial score (nSPS) is 24.5. The molecule has 2 heterocycles. The molecule has 1 aromatic rings. The van der Waals surface area contributed by atoms with Crippen molar-refractivity contribution in [2.24, 2.45) is 5.92 Å². The lowest BCUT2D eigenvalue weighted by Gasteiger charge is -2.42. The Morgan fingerprint density at radius 1 is 1.30 bits per heavy atom. The van der Waals surface area contributed by atoms with Gasteiger partial charge in [0.15, 0.2) is 5.78 Å². The van der Waals surface area contributed by atoms with Gasteiger partial charge in [-0.15, -0.1) is 0 Å². The lowest BCUT2D eigenvalue weighted by Crippen LogP contribution is -2.67. The maximum Gasteiger partial charge on any atom is 0.262 e. The fourth-order valence-electron chi connectivity index (χ4n) is 3.16. The van der Waals surface area contributed by atoms with Crippen molar-refractivity contribution in [1.29, 1.82) is 0 Å². The van der Waals surface area contributed by atoms with E-state index >= 15 is 0 Å². The van der Waals surface area contributed by atoms with Crippen molar-refractivity contribution < 1.29 is 14.4 Å². The van der Waals surface area contributed by atoms with Crippen molar-refractivity contribution >= 4 is 34.9 Å². The highest BCUT2D eigenvalue weighted by Gasteiger charge is 2.50. The molecule has 2 aliphatic rings. The van der Waals surface area contributed by atoms with Crippen LogP contribution in [0.3, 0.4) is 0 Å². The minimum absolute atomic E-state index is 0.156. The number of nitrogens with one attached hydrogen (secondary N) is 2. The zero-order valence-electron chi connectivity index (χ0n) is 12.9. The maximum absolute atomic E-state index is 12.7. The molecule has 3 unspecified atom stereocenters. The molecule has 3 rings (SSSR count). The van der Waals surface area contributed by atoms with Crippen LogP contribution in [0.1, 0.15) is 37.0 Å². The van der Waals surface area contributed by atoms with Crippen LogP contribution in [0, 0.1) is 5.92 Å². The van der Waals surface area contributed by atoms with Crippen LogP contribution < -0.4 is 10.7 Å². The summed E-state index contributed by atoms with van der Waals surface area (Å²) in [6, 6.07) is 3.73. The van der Waals surface area contributed by atoms with Gasteiger partial charge in [-0.1, -0.05) is 24.9 Å². The molecule has 3 atom stereocenters. The molecule has 6 nitrogen and oxygen atoms in total. The summed E-state index contributed by atoms with van der Waals surface area (Å²) < 4.78 is 0. The third kappa shape index (κ3) is 2.57. The molecule has 2 N–H and O–H groups in total. The molecular formula is C16H18ClN3O3. The number of carbonyl (C=O) groups is 3. The number of rotatable bonds is 3. The summed E-state index contributed by atoms with van der Waals surface area (Å²) >= 11 is 5.94. The van der Waals surface area contributed by atoms with E-state index in [1.807, 2.05) is 13.8 Å². The number of anilines is 1. The van der Waals surface area contributed by atoms with Crippen LogP contribution in [0.2, 0.25) is 5.02 Å². The van der Waals surface area contributed by atoms with E-state index in [2.05, 4.69) is 10.7 Å². The summed E-state index contributed by atoms with van der Waals surface area (Å²) in [6.07, 6.45) is 1.62.